The van der Waals surface area contributed by atoms with Crippen molar-refractivity contribution in [3.63, 3.8) is 0 Å². The number of fused-ring (bicyclic) bond motifs is 1. The molecule has 0 unspecified atom stereocenters. The fraction of sp³-hybridized carbons (Fsp3) is 0.273. The number of imidazole rings is 1. The van der Waals surface area contributed by atoms with E-state index in [0.29, 0.717) is 12.2 Å². The highest BCUT2D eigenvalue weighted by Crippen LogP contribution is 2.18. The van der Waals surface area contributed by atoms with Crippen molar-refractivity contribution in [2.45, 2.75) is 6.61 Å². The quantitative estimate of drug-likeness (QED) is 0.741. The van der Waals surface area contributed by atoms with Crippen LogP contribution < -0.4 is 0 Å². The normalized spacial score (nSPS) is 10.5. The number of hydrogen-bond donors (Lipinski definition) is 0. The van der Waals surface area contributed by atoms with E-state index in [1.54, 1.807) is 13.2 Å². The van der Waals surface area contributed by atoms with Gasteiger partial charge in [-0.1, -0.05) is 6.07 Å². The van der Waals surface area contributed by atoms with Crippen LogP contribution in [0.5, 0.6) is 0 Å². The third kappa shape index (κ3) is 1.47. The Labute approximate surface area is 87.7 Å². The lowest BCUT2D eigenvalue weighted by Gasteiger charge is -1.99. The minimum absolute atomic E-state index is 0.454. The summed E-state index contributed by atoms with van der Waals surface area (Å²) >= 11 is 0. The molecule has 1 aromatic carbocycles. The summed E-state index contributed by atoms with van der Waals surface area (Å²) in [6.07, 6.45) is 0. The third-order valence-electron chi connectivity index (χ3n) is 2.40. The van der Waals surface area contributed by atoms with E-state index >= 15 is 0 Å². The predicted molar refractivity (Wildman–Crippen MR) is 56.1 cm³/mol. The highest BCUT2D eigenvalue weighted by molar-refractivity contribution is 5.82. The van der Waals surface area contributed by atoms with Gasteiger partial charge < -0.3 is 9.30 Å². The summed E-state index contributed by atoms with van der Waals surface area (Å²) < 4.78 is 6.99. The van der Waals surface area contributed by atoms with Crippen molar-refractivity contribution < 1.29 is 4.74 Å². The number of nitriles is 1. The van der Waals surface area contributed by atoms with Gasteiger partial charge in [-0.15, -0.1) is 0 Å². The van der Waals surface area contributed by atoms with Gasteiger partial charge in [0.2, 0.25) is 0 Å². The maximum absolute atomic E-state index is 8.94. The molecule has 0 saturated carbocycles. The Bertz CT molecular complexity index is 536. The minimum atomic E-state index is 0.454. The van der Waals surface area contributed by atoms with Crippen LogP contribution in [0.2, 0.25) is 0 Å². The van der Waals surface area contributed by atoms with E-state index in [1.165, 1.54) is 0 Å². The second-order valence-corrected chi connectivity index (χ2v) is 3.31. The molecule has 0 spiro atoms. The molecule has 4 nitrogen and oxygen atoms in total. The zero-order valence-electron chi connectivity index (χ0n) is 8.69. The molecule has 1 heterocycles. The molecule has 76 valence electrons. The summed E-state index contributed by atoms with van der Waals surface area (Å²) in [6, 6.07) is 7.71. The van der Waals surface area contributed by atoms with Gasteiger partial charge in [0.15, 0.2) is 0 Å². The maximum Gasteiger partial charge on any atom is 0.135 e. The van der Waals surface area contributed by atoms with Gasteiger partial charge in [0.1, 0.15) is 24.0 Å². The fourth-order valence-electron chi connectivity index (χ4n) is 1.61. The highest BCUT2D eigenvalue weighted by Gasteiger charge is 2.09. The highest BCUT2D eigenvalue weighted by atomic mass is 16.5. The van der Waals surface area contributed by atoms with Crippen LogP contribution in [0.15, 0.2) is 18.2 Å². The van der Waals surface area contributed by atoms with Gasteiger partial charge >= 0.3 is 0 Å². The van der Waals surface area contributed by atoms with E-state index in [4.69, 9.17) is 10.00 Å². The standard InChI is InChI=1S/C11H11N3O/c1-14-9-5-3-4-8(6-12)11(9)13-10(14)7-15-2/h3-5H,7H2,1-2H3. The molecule has 0 aliphatic heterocycles. The largest absolute Gasteiger partial charge is 0.377 e. The predicted octanol–water partition coefficient (Wildman–Crippen LogP) is 1.59. The second kappa shape index (κ2) is 3.71. The number of aromatic nitrogens is 2. The number of rotatable bonds is 2. The molecule has 0 bridgehead atoms. The zero-order valence-corrected chi connectivity index (χ0v) is 8.69. The van der Waals surface area contributed by atoms with Gasteiger partial charge in [0.25, 0.3) is 0 Å². The van der Waals surface area contributed by atoms with E-state index in [-0.39, 0.29) is 0 Å². The molecule has 0 saturated heterocycles. The lowest BCUT2D eigenvalue weighted by atomic mass is 10.2. The van der Waals surface area contributed by atoms with E-state index in [9.17, 15) is 0 Å². The lowest BCUT2D eigenvalue weighted by molar-refractivity contribution is 0.176. The molecule has 0 fully saturated rings. The van der Waals surface area contributed by atoms with Crippen molar-refractivity contribution in [1.82, 2.24) is 9.55 Å². The molecule has 0 radical (unpaired) electrons. The summed E-state index contributed by atoms with van der Waals surface area (Å²) in [7, 11) is 3.55. The number of hydrogen-bond acceptors (Lipinski definition) is 3. The first-order valence-electron chi connectivity index (χ1n) is 4.61. The lowest BCUT2D eigenvalue weighted by Crippen LogP contribution is -1.98. The molecule has 4 heteroatoms. The topological polar surface area (TPSA) is 50.8 Å². The van der Waals surface area contributed by atoms with Crippen LogP contribution >= 0.6 is 0 Å². The Hall–Kier alpha value is -1.86. The van der Waals surface area contributed by atoms with Gasteiger partial charge in [-0.05, 0) is 12.1 Å². The SMILES string of the molecule is COCc1nc2c(C#N)cccc2n1C. The first kappa shape index (κ1) is 9.69. The summed E-state index contributed by atoms with van der Waals surface area (Å²) in [5.41, 5.74) is 2.31. The molecule has 15 heavy (non-hydrogen) atoms. The molecular formula is C11H11N3O. The molecule has 1 aromatic heterocycles. The van der Waals surface area contributed by atoms with Crippen LogP contribution in [-0.4, -0.2) is 16.7 Å². The molecule has 0 atom stereocenters. The van der Waals surface area contributed by atoms with E-state index in [2.05, 4.69) is 11.1 Å². The van der Waals surface area contributed by atoms with Crippen molar-refractivity contribution in [3.05, 3.63) is 29.6 Å². The van der Waals surface area contributed by atoms with Gasteiger partial charge in [-0.2, -0.15) is 5.26 Å². The Kier molecular flexibility index (Phi) is 2.40. The smallest absolute Gasteiger partial charge is 0.135 e. The zero-order chi connectivity index (χ0) is 10.8. The van der Waals surface area contributed by atoms with Crippen LogP contribution in [0.3, 0.4) is 0 Å². The van der Waals surface area contributed by atoms with Crippen molar-refractivity contribution in [2.75, 3.05) is 7.11 Å². The van der Waals surface area contributed by atoms with E-state index in [1.807, 2.05) is 23.7 Å². The second-order valence-electron chi connectivity index (χ2n) is 3.31. The average Bonchev–Trinajstić information content (AvgIpc) is 2.57. The Morgan fingerprint density at radius 2 is 2.33 bits per heavy atom. The van der Waals surface area contributed by atoms with Crippen LogP contribution in [0.25, 0.3) is 11.0 Å². The van der Waals surface area contributed by atoms with E-state index in [0.717, 1.165) is 16.9 Å². The maximum atomic E-state index is 8.94. The van der Waals surface area contributed by atoms with Crippen LogP contribution in [0, 0.1) is 11.3 Å². The number of para-hydroxylation sites is 1. The van der Waals surface area contributed by atoms with Gasteiger partial charge in [-0.25, -0.2) is 4.98 Å². The van der Waals surface area contributed by atoms with E-state index < -0.39 is 0 Å². The summed E-state index contributed by atoms with van der Waals surface area (Å²) in [5.74, 6) is 0.829. The van der Waals surface area contributed by atoms with Gasteiger partial charge in [0.05, 0.1) is 11.1 Å². The summed E-state index contributed by atoms with van der Waals surface area (Å²) in [5, 5.41) is 8.94. The van der Waals surface area contributed by atoms with Crippen LogP contribution in [0.1, 0.15) is 11.4 Å². The molecular weight excluding hydrogens is 190 g/mol. The average molecular weight is 201 g/mol. The number of aryl methyl sites for hydroxylation is 1. The molecule has 0 N–H and O–H groups in total. The molecule has 2 aromatic rings. The van der Waals surface area contributed by atoms with Crippen LogP contribution in [0.4, 0.5) is 0 Å². The Morgan fingerprint density at radius 1 is 1.53 bits per heavy atom. The number of ether oxygens (including phenoxy) is 1. The number of methoxy groups -OCH3 is 1. The molecule has 0 aliphatic carbocycles. The fourth-order valence-corrected chi connectivity index (χ4v) is 1.61. The van der Waals surface area contributed by atoms with Crippen molar-refractivity contribution >= 4 is 11.0 Å². The minimum Gasteiger partial charge on any atom is -0.377 e. The molecule has 0 amide bonds. The molecule has 0 aliphatic rings. The van der Waals surface area contributed by atoms with Crippen molar-refractivity contribution in [1.29, 1.82) is 5.26 Å². The van der Waals surface area contributed by atoms with Crippen molar-refractivity contribution in [2.24, 2.45) is 7.05 Å². The third-order valence-corrected chi connectivity index (χ3v) is 2.40. The van der Waals surface area contributed by atoms with Gasteiger partial charge in [-0.3, -0.25) is 0 Å². The summed E-state index contributed by atoms with van der Waals surface area (Å²) in [6.45, 7) is 0.454. The number of nitrogens with zero attached hydrogens (tertiary/aromatic N) is 3. The van der Waals surface area contributed by atoms with Gasteiger partial charge in [0, 0.05) is 14.2 Å². The Balaban J connectivity index is 2.71. The summed E-state index contributed by atoms with van der Waals surface area (Å²) in [4.78, 5) is 4.39. The molecule has 2 rings (SSSR count). The monoisotopic (exact) mass is 201 g/mol. The first-order valence-corrected chi connectivity index (χ1v) is 4.61. The van der Waals surface area contributed by atoms with Crippen LogP contribution in [-0.2, 0) is 18.4 Å². The first-order chi connectivity index (χ1) is 7.27. The van der Waals surface area contributed by atoms with Crippen molar-refractivity contribution in [3.8, 4) is 6.07 Å². The number of benzene rings is 1. The Morgan fingerprint density at radius 3 is 3.00 bits per heavy atom.